The van der Waals surface area contributed by atoms with Gasteiger partial charge in [0, 0.05) is 32.3 Å². The highest BCUT2D eigenvalue weighted by atomic mass is 32.1. The zero-order valence-electron chi connectivity index (χ0n) is 12.6. The van der Waals surface area contributed by atoms with Gasteiger partial charge < -0.3 is 10.2 Å². The minimum Gasteiger partial charge on any atom is -0.355 e. The number of nitro groups is 1. The van der Waals surface area contributed by atoms with Gasteiger partial charge in [-0.1, -0.05) is 23.5 Å². The van der Waals surface area contributed by atoms with Crippen LogP contribution in [0.5, 0.6) is 0 Å². The summed E-state index contributed by atoms with van der Waals surface area (Å²) in [4.78, 5) is 35.7. The largest absolute Gasteiger partial charge is 0.355 e. The summed E-state index contributed by atoms with van der Waals surface area (Å²) >= 11 is 0.854. The highest BCUT2D eigenvalue weighted by Gasteiger charge is 2.18. The first-order valence-corrected chi connectivity index (χ1v) is 7.54. The Hall–Kier alpha value is -2.74. The van der Waals surface area contributed by atoms with Gasteiger partial charge in [0.15, 0.2) is 0 Å². The molecule has 1 N–H and O–H groups in total. The monoisotopic (exact) mass is 333 g/mol. The minimum absolute atomic E-state index is 0.0586. The summed E-state index contributed by atoms with van der Waals surface area (Å²) in [6.07, 6.45) is 0. The number of nitrogens with one attached hydrogen (secondary N) is 1. The molecule has 7 nitrogen and oxygen atoms in total. The lowest BCUT2D eigenvalue weighted by Gasteiger charge is -2.16. The average molecular weight is 333 g/mol. The predicted molar refractivity (Wildman–Crippen MR) is 86.6 cm³/mol. The second kappa shape index (κ2) is 7.01. The summed E-state index contributed by atoms with van der Waals surface area (Å²) < 4.78 is 0. The van der Waals surface area contributed by atoms with E-state index in [1.807, 2.05) is 0 Å². The topological polar surface area (TPSA) is 92.6 Å². The number of nitrogens with zero attached hydrogens (tertiary/aromatic N) is 2. The molecule has 0 radical (unpaired) electrons. The number of carbonyl (C=O) groups excluding carboxylic acids is 2. The van der Waals surface area contributed by atoms with Gasteiger partial charge in [-0.15, -0.1) is 0 Å². The third-order valence-corrected chi connectivity index (χ3v) is 4.22. The van der Waals surface area contributed by atoms with E-state index in [9.17, 15) is 19.7 Å². The fourth-order valence-electron chi connectivity index (χ4n) is 1.98. The molecule has 0 spiro atoms. The molecule has 0 unspecified atom stereocenters. The van der Waals surface area contributed by atoms with E-state index < -0.39 is 4.92 Å². The van der Waals surface area contributed by atoms with Crippen molar-refractivity contribution in [3.8, 4) is 0 Å². The maximum absolute atomic E-state index is 12.3. The van der Waals surface area contributed by atoms with Crippen LogP contribution in [0.25, 0.3) is 0 Å². The molecule has 0 aliphatic heterocycles. The maximum atomic E-state index is 12.3. The third-order valence-electron chi connectivity index (χ3n) is 3.19. The van der Waals surface area contributed by atoms with E-state index in [2.05, 4.69) is 5.32 Å². The van der Waals surface area contributed by atoms with Crippen LogP contribution in [0.1, 0.15) is 25.6 Å². The van der Waals surface area contributed by atoms with Crippen LogP contribution in [0.3, 0.4) is 0 Å². The highest BCUT2D eigenvalue weighted by molar-refractivity contribution is 7.17. The number of benzene rings is 1. The zero-order valence-corrected chi connectivity index (χ0v) is 13.4. The summed E-state index contributed by atoms with van der Waals surface area (Å²) in [5.41, 5.74) is 1.40. The van der Waals surface area contributed by atoms with Gasteiger partial charge in [0.05, 0.1) is 9.80 Å². The Bertz CT molecular complexity index is 739. The Kier molecular flexibility index (Phi) is 5.07. The first kappa shape index (κ1) is 16.6. The molecule has 1 heterocycles. The molecule has 23 heavy (non-hydrogen) atoms. The Labute approximate surface area is 136 Å². The number of rotatable bonds is 5. The van der Waals surface area contributed by atoms with Crippen molar-refractivity contribution in [3.63, 3.8) is 0 Å². The van der Waals surface area contributed by atoms with Crippen LogP contribution in [-0.4, -0.2) is 35.7 Å². The lowest BCUT2D eigenvalue weighted by Crippen LogP contribution is -2.25. The summed E-state index contributed by atoms with van der Waals surface area (Å²) in [5, 5.41) is 13.1. The summed E-state index contributed by atoms with van der Waals surface area (Å²) in [6, 6.07) is 9.68. The molecule has 1 aromatic carbocycles. The van der Waals surface area contributed by atoms with Gasteiger partial charge in [0.25, 0.3) is 11.8 Å². The van der Waals surface area contributed by atoms with E-state index >= 15 is 0 Å². The van der Waals surface area contributed by atoms with Crippen LogP contribution >= 0.6 is 11.3 Å². The van der Waals surface area contributed by atoms with Crippen LogP contribution < -0.4 is 5.32 Å². The standard InChI is InChI=1S/C15H15N3O4S/c1-16-14(19)11-5-3-10(4-6-11)9-17(2)15(20)12-7-8-13(23-12)18(21)22/h3-8H,9H2,1-2H3,(H,16,19). The number of hydrogen-bond acceptors (Lipinski definition) is 5. The average Bonchev–Trinajstić information content (AvgIpc) is 3.04. The molecule has 0 atom stereocenters. The Morgan fingerprint density at radius 3 is 2.39 bits per heavy atom. The third kappa shape index (κ3) is 3.92. The molecule has 8 heteroatoms. The van der Waals surface area contributed by atoms with E-state index in [1.165, 1.54) is 17.0 Å². The molecule has 0 saturated heterocycles. The summed E-state index contributed by atoms with van der Waals surface area (Å²) in [5.74, 6) is -0.453. The smallest absolute Gasteiger partial charge is 0.324 e. The van der Waals surface area contributed by atoms with Crippen molar-refractivity contribution in [3.05, 3.63) is 62.5 Å². The zero-order chi connectivity index (χ0) is 17.0. The van der Waals surface area contributed by atoms with Crippen molar-refractivity contribution >= 4 is 28.2 Å². The molecule has 0 aliphatic carbocycles. The number of thiophene rings is 1. The second-order valence-corrected chi connectivity index (χ2v) is 5.89. The molecule has 0 bridgehead atoms. The first-order chi connectivity index (χ1) is 10.9. The molecule has 0 saturated carbocycles. The van der Waals surface area contributed by atoms with Gasteiger partial charge in [-0.25, -0.2) is 0 Å². The van der Waals surface area contributed by atoms with Crippen LogP contribution in [0, 0.1) is 10.1 Å². The lowest BCUT2D eigenvalue weighted by atomic mass is 10.1. The highest BCUT2D eigenvalue weighted by Crippen LogP contribution is 2.25. The van der Waals surface area contributed by atoms with Gasteiger partial charge in [-0.05, 0) is 23.8 Å². The van der Waals surface area contributed by atoms with E-state index in [0.717, 1.165) is 16.9 Å². The van der Waals surface area contributed by atoms with Gasteiger partial charge >= 0.3 is 5.00 Å². The Balaban J connectivity index is 2.05. The maximum Gasteiger partial charge on any atom is 0.324 e. The molecular weight excluding hydrogens is 318 g/mol. The Morgan fingerprint density at radius 1 is 1.22 bits per heavy atom. The fourth-order valence-corrected chi connectivity index (χ4v) is 2.80. The van der Waals surface area contributed by atoms with Crippen LogP contribution in [-0.2, 0) is 6.54 Å². The molecule has 2 aromatic rings. The van der Waals surface area contributed by atoms with Gasteiger partial charge in [-0.3, -0.25) is 19.7 Å². The molecule has 2 amide bonds. The normalized spacial score (nSPS) is 10.2. The van der Waals surface area contributed by atoms with Crippen LogP contribution in [0.2, 0.25) is 0 Å². The number of amides is 2. The van der Waals surface area contributed by atoms with E-state index in [1.54, 1.807) is 38.4 Å². The van der Waals surface area contributed by atoms with Gasteiger partial charge in [0.2, 0.25) is 0 Å². The molecule has 0 aliphatic rings. The van der Waals surface area contributed by atoms with Crippen LogP contribution in [0.15, 0.2) is 36.4 Å². The molecule has 1 aromatic heterocycles. The summed E-state index contributed by atoms with van der Waals surface area (Å²) in [6.45, 7) is 0.346. The van der Waals surface area contributed by atoms with E-state index in [4.69, 9.17) is 0 Å². The van der Waals surface area contributed by atoms with Crippen molar-refractivity contribution in [2.75, 3.05) is 14.1 Å². The van der Waals surface area contributed by atoms with E-state index in [0.29, 0.717) is 17.0 Å². The number of hydrogen-bond donors (Lipinski definition) is 1. The lowest BCUT2D eigenvalue weighted by molar-refractivity contribution is -0.380. The van der Waals surface area contributed by atoms with Crippen LogP contribution in [0.4, 0.5) is 5.00 Å². The quantitative estimate of drug-likeness (QED) is 0.671. The predicted octanol–water partition coefficient (Wildman–Crippen LogP) is 2.29. The first-order valence-electron chi connectivity index (χ1n) is 6.73. The van der Waals surface area contributed by atoms with Crippen molar-refractivity contribution in [1.82, 2.24) is 10.2 Å². The van der Waals surface area contributed by atoms with Crippen molar-refractivity contribution in [1.29, 1.82) is 0 Å². The summed E-state index contributed by atoms with van der Waals surface area (Å²) in [7, 11) is 3.18. The van der Waals surface area contributed by atoms with Gasteiger partial charge in [0.1, 0.15) is 0 Å². The molecule has 2 rings (SSSR count). The number of carbonyl (C=O) groups is 2. The van der Waals surface area contributed by atoms with Gasteiger partial charge in [-0.2, -0.15) is 0 Å². The van der Waals surface area contributed by atoms with Crippen molar-refractivity contribution in [2.45, 2.75) is 6.54 Å². The molecular formula is C15H15N3O4S. The van der Waals surface area contributed by atoms with Crippen molar-refractivity contribution < 1.29 is 14.5 Å². The minimum atomic E-state index is -0.515. The van der Waals surface area contributed by atoms with E-state index in [-0.39, 0.29) is 16.8 Å². The Morgan fingerprint density at radius 2 is 1.87 bits per heavy atom. The van der Waals surface area contributed by atoms with Crippen molar-refractivity contribution in [2.24, 2.45) is 0 Å². The molecule has 120 valence electrons. The SMILES string of the molecule is CNC(=O)c1ccc(CN(C)C(=O)c2ccc([N+](=O)[O-])s2)cc1. The fraction of sp³-hybridized carbons (Fsp3) is 0.200. The molecule has 0 fully saturated rings. The second-order valence-electron chi connectivity index (χ2n) is 4.83.